The van der Waals surface area contributed by atoms with Crippen molar-refractivity contribution in [3.8, 4) is 0 Å². The predicted octanol–water partition coefficient (Wildman–Crippen LogP) is 3.01. The standard InChI is InChI=1S/C11H7Br2NO5S/c1-18-8(15)4-14-10(16)7(20-11(14)17)3-5-2-6(12)9(13)19-5/h2-3H,4H2,1H3/b7-3-. The summed E-state index contributed by atoms with van der Waals surface area (Å²) in [6.07, 6.45) is 1.44. The molecule has 0 N–H and O–H groups in total. The lowest BCUT2D eigenvalue weighted by Crippen LogP contribution is -2.34. The fourth-order valence-electron chi connectivity index (χ4n) is 1.39. The highest BCUT2D eigenvalue weighted by molar-refractivity contribution is 9.13. The summed E-state index contributed by atoms with van der Waals surface area (Å²) in [5.41, 5.74) is 0. The highest BCUT2D eigenvalue weighted by Gasteiger charge is 2.36. The number of thioether (sulfide) groups is 1. The third kappa shape index (κ3) is 3.15. The first kappa shape index (κ1) is 15.3. The third-order valence-electron chi connectivity index (χ3n) is 2.33. The molecule has 0 atom stereocenters. The van der Waals surface area contributed by atoms with Gasteiger partial charge in [0.15, 0.2) is 4.67 Å². The minimum atomic E-state index is -0.656. The number of ether oxygens (including phenoxy) is 1. The summed E-state index contributed by atoms with van der Waals surface area (Å²) >= 11 is 7.16. The lowest BCUT2D eigenvalue weighted by molar-refractivity contribution is -0.143. The number of halogens is 2. The van der Waals surface area contributed by atoms with E-state index in [1.807, 2.05) is 0 Å². The molecular formula is C11H7Br2NO5S. The molecule has 0 saturated carbocycles. The Morgan fingerprint density at radius 2 is 2.20 bits per heavy atom. The number of imide groups is 1. The molecule has 0 radical (unpaired) electrons. The van der Waals surface area contributed by atoms with Crippen LogP contribution >= 0.6 is 43.6 Å². The van der Waals surface area contributed by atoms with E-state index in [2.05, 4.69) is 36.6 Å². The first-order chi connectivity index (χ1) is 9.42. The fourth-order valence-corrected chi connectivity index (χ4v) is 2.82. The molecule has 1 fully saturated rings. The lowest BCUT2D eigenvalue weighted by Gasteiger charge is -2.09. The molecule has 1 aliphatic rings. The molecule has 20 heavy (non-hydrogen) atoms. The number of carbonyl (C=O) groups excluding carboxylic acids is 3. The van der Waals surface area contributed by atoms with Gasteiger partial charge in [0.1, 0.15) is 12.3 Å². The van der Waals surface area contributed by atoms with Crippen LogP contribution in [0.2, 0.25) is 0 Å². The molecule has 2 heterocycles. The molecule has 2 rings (SSSR count). The summed E-state index contributed by atoms with van der Waals surface area (Å²) in [5.74, 6) is -0.793. The van der Waals surface area contributed by atoms with Gasteiger partial charge in [-0.3, -0.25) is 19.3 Å². The Morgan fingerprint density at radius 3 is 2.75 bits per heavy atom. The summed E-state index contributed by atoms with van der Waals surface area (Å²) in [6.45, 7) is -0.399. The van der Waals surface area contributed by atoms with E-state index in [-0.39, 0.29) is 4.91 Å². The smallest absolute Gasteiger partial charge is 0.325 e. The number of methoxy groups -OCH3 is 1. The van der Waals surface area contributed by atoms with Crippen LogP contribution < -0.4 is 0 Å². The monoisotopic (exact) mass is 423 g/mol. The van der Waals surface area contributed by atoms with Crippen LogP contribution in [0.15, 0.2) is 24.5 Å². The van der Waals surface area contributed by atoms with E-state index in [9.17, 15) is 14.4 Å². The second-order valence-corrected chi connectivity index (χ2v) is 6.18. The zero-order valence-electron chi connectivity index (χ0n) is 10.0. The first-order valence-electron chi connectivity index (χ1n) is 5.19. The Balaban J connectivity index is 2.21. The van der Waals surface area contributed by atoms with Gasteiger partial charge < -0.3 is 9.15 Å². The summed E-state index contributed by atoms with van der Waals surface area (Å²) in [4.78, 5) is 35.8. The quantitative estimate of drug-likeness (QED) is 0.548. The molecule has 0 spiro atoms. The topological polar surface area (TPSA) is 76.8 Å². The summed E-state index contributed by atoms with van der Waals surface area (Å²) in [7, 11) is 1.19. The van der Waals surface area contributed by atoms with E-state index < -0.39 is 23.7 Å². The Bertz CT molecular complexity index is 605. The average molecular weight is 425 g/mol. The van der Waals surface area contributed by atoms with Crippen molar-refractivity contribution < 1.29 is 23.5 Å². The second kappa shape index (κ2) is 6.15. The summed E-state index contributed by atoms with van der Waals surface area (Å²) < 4.78 is 10.9. The Labute approximate surface area is 134 Å². The van der Waals surface area contributed by atoms with Crippen molar-refractivity contribution in [3.05, 3.63) is 25.9 Å². The molecule has 6 nitrogen and oxygen atoms in total. The number of furan rings is 1. The van der Waals surface area contributed by atoms with E-state index >= 15 is 0 Å². The third-order valence-corrected chi connectivity index (χ3v) is 4.94. The average Bonchev–Trinajstić information content (AvgIpc) is 2.84. The van der Waals surface area contributed by atoms with Crippen LogP contribution in [0.25, 0.3) is 6.08 Å². The van der Waals surface area contributed by atoms with Crippen LogP contribution in [-0.2, 0) is 14.3 Å². The number of hydrogen-bond donors (Lipinski definition) is 0. The predicted molar refractivity (Wildman–Crippen MR) is 78.8 cm³/mol. The van der Waals surface area contributed by atoms with E-state index in [0.717, 1.165) is 16.7 Å². The molecule has 0 unspecified atom stereocenters. The van der Waals surface area contributed by atoms with Crippen LogP contribution in [-0.4, -0.2) is 35.7 Å². The SMILES string of the molecule is COC(=O)CN1C(=O)S/C(=C\c2cc(Br)c(Br)o2)C1=O. The van der Waals surface area contributed by atoms with Crippen molar-refractivity contribution in [2.75, 3.05) is 13.7 Å². The zero-order chi connectivity index (χ0) is 14.9. The zero-order valence-corrected chi connectivity index (χ0v) is 14.0. The Kier molecular flexibility index (Phi) is 4.71. The molecule has 0 bridgehead atoms. The lowest BCUT2D eigenvalue weighted by atomic mass is 10.3. The molecule has 1 aliphatic heterocycles. The van der Waals surface area contributed by atoms with Gasteiger partial charge in [0.25, 0.3) is 11.1 Å². The van der Waals surface area contributed by atoms with Gasteiger partial charge in [0.05, 0.1) is 16.5 Å². The van der Waals surface area contributed by atoms with E-state index in [0.29, 0.717) is 14.9 Å². The van der Waals surface area contributed by atoms with Crippen LogP contribution in [0, 0.1) is 0 Å². The van der Waals surface area contributed by atoms with E-state index in [1.54, 1.807) is 6.07 Å². The Morgan fingerprint density at radius 1 is 1.50 bits per heavy atom. The molecule has 106 valence electrons. The van der Waals surface area contributed by atoms with Gasteiger partial charge in [0.2, 0.25) is 0 Å². The first-order valence-corrected chi connectivity index (χ1v) is 7.59. The number of esters is 1. The minimum Gasteiger partial charge on any atom is -0.468 e. The van der Waals surface area contributed by atoms with Crippen molar-refractivity contribution in [2.24, 2.45) is 0 Å². The highest BCUT2D eigenvalue weighted by Crippen LogP contribution is 2.34. The molecule has 2 amide bonds. The molecular weight excluding hydrogens is 418 g/mol. The maximum atomic E-state index is 12.0. The van der Waals surface area contributed by atoms with Gasteiger partial charge >= 0.3 is 5.97 Å². The maximum Gasteiger partial charge on any atom is 0.325 e. The number of nitrogens with zero attached hydrogens (tertiary/aromatic N) is 1. The normalized spacial score (nSPS) is 17.1. The van der Waals surface area contributed by atoms with Crippen molar-refractivity contribution >= 4 is 66.8 Å². The minimum absolute atomic E-state index is 0.188. The van der Waals surface area contributed by atoms with Crippen molar-refractivity contribution in [3.63, 3.8) is 0 Å². The van der Waals surface area contributed by atoms with Crippen LogP contribution in [0.4, 0.5) is 4.79 Å². The largest absolute Gasteiger partial charge is 0.468 e. The summed E-state index contributed by atoms with van der Waals surface area (Å²) in [5, 5.41) is -0.517. The van der Waals surface area contributed by atoms with Gasteiger partial charge in [-0.1, -0.05) is 0 Å². The van der Waals surface area contributed by atoms with Crippen LogP contribution in [0.1, 0.15) is 5.76 Å². The van der Waals surface area contributed by atoms with Crippen molar-refractivity contribution in [1.82, 2.24) is 4.90 Å². The van der Waals surface area contributed by atoms with Gasteiger partial charge in [0, 0.05) is 6.08 Å². The number of rotatable bonds is 3. The molecule has 1 saturated heterocycles. The van der Waals surface area contributed by atoms with Crippen LogP contribution in [0.3, 0.4) is 0 Å². The second-order valence-electron chi connectivity index (χ2n) is 3.61. The molecule has 9 heteroatoms. The molecule has 1 aromatic rings. The number of amides is 2. The van der Waals surface area contributed by atoms with E-state index in [4.69, 9.17) is 4.42 Å². The molecule has 0 aliphatic carbocycles. The van der Waals surface area contributed by atoms with Gasteiger partial charge in [-0.15, -0.1) is 0 Å². The van der Waals surface area contributed by atoms with Gasteiger partial charge in [-0.25, -0.2) is 0 Å². The summed E-state index contributed by atoms with van der Waals surface area (Å²) in [6, 6.07) is 1.65. The molecule has 0 aromatic carbocycles. The fraction of sp³-hybridized carbons (Fsp3) is 0.182. The highest BCUT2D eigenvalue weighted by atomic mass is 79.9. The number of hydrogen-bond acceptors (Lipinski definition) is 6. The number of carbonyl (C=O) groups is 3. The van der Waals surface area contributed by atoms with Gasteiger partial charge in [-0.05, 0) is 49.7 Å². The van der Waals surface area contributed by atoms with Gasteiger partial charge in [-0.2, -0.15) is 0 Å². The maximum absolute atomic E-state index is 12.0. The van der Waals surface area contributed by atoms with Crippen LogP contribution in [0.5, 0.6) is 0 Å². The van der Waals surface area contributed by atoms with Crippen molar-refractivity contribution in [2.45, 2.75) is 0 Å². The Hall–Kier alpha value is -1.06. The van der Waals surface area contributed by atoms with Crippen molar-refractivity contribution in [1.29, 1.82) is 0 Å². The van der Waals surface area contributed by atoms with E-state index in [1.165, 1.54) is 13.2 Å². The molecule has 1 aromatic heterocycles.